The highest BCUT2D eigenvalue weighted by Gasteiger charge is 2.62. The van der Waals surface area contributed by atoms with E-state index in [0.29, 0.717) is 19.8 Å². The highest BCUT2D eigenvalue weighted by Crippen LogP contribution is 2.47. The molecule has 0 spiro atoms. The van der Waals surface area contributed by atoms with Crippen molar-refractivity contribution < 1.29 is 71.4 Å². The van der Waals surface area contributed by atoms with E-state index < -0.39 is 116 Å². The lowest BCUT2D eigenvalue weighted by atomic mass is 9.88. The molecule has 0 radical (unpaired) electrons. The molecule has 10 rings (SSSR count). The fourth-order valence-electron chi connectivity index (χ4n) is 10.7. The normalized spacial score (nSPS) is 37.8. The number of azide groups is 1. The smallest absolute Gasteiger partial charge is 0.187 e. The summed E-state index contributed by atoms with van der Waals surface area (Å²) in [6, 6.07) is 38.7. The topological polar surface area (TPSA) is 198 Å². The van der Waals surface area contributed by atoms with Crippen molar-refractivity contribution in [1.82, 2.24) is 0 Å². The van der Waals surface area contributed by atoms with Gasteiger partial charge in [0.25, 0.3) is 0 Å². The molecule has 0 aliphatic carbocycles. The Morgan fingerprint density at radius 2 is 1.25 bits per heavy atom. The molecule has 4 aromatic rings. The maximum Gasteiger partial charge on any atom is 0.187 e. The van der Waals surface area contributed by atoms with Crippen LogP contribution < -0.4 is 0 Å². The molecule has 6 saturated heterocycles. The van der Waals surface area contributed by atoms with Gasteiger partial charge in [-0.05, 0) is 48.9 Å². The van der Waals surface area contributed by atoms with Gasteiger partial charge < -0.3 is 71.4 Å². The zero-order valence-electron chi connectivity index (χ0n) is 41.8. The van der Waals surface area contributed by atoms with Crippen LogP contribution in [0.2, 0.25) is 0 Å². The Bertz CT molecular complexity index is 2410. The van der Waals surface area contributed by atoms with Gasteiger partial charge in [-0.2, -0.15) is 0 Å². The minimum atomic E-state index is -1.40. The molecule has 392 valence electrons. The molecule has 0 saturated carbocycles. The van der Waals surface area contributed by atoms with Gasteiger partial charge >= 0.3 is 0 Å². The molecule has 6 aliphatic heterocycles. The van der Waals surface area contributed by atoms with Crippen molar-refractivity contribution in [2.24, 2.45) is 17.0 Å². The molecule has 6 heterocycles. The maximum atomic E-state index is 11.5. The van der Waals surface area contributed by atoms with Crippen molar-refractivity contribution in [3.63, 3.8) is 0 Å². The number of hydrogen-bond acceptors (Lipinski definition) is 16. The summed E-state index contributed by atoms with van der Waals surface area (Å²) in [5.41, 5.74) is 12.5. The van der Waals surface area contributed by atoms with E-state index in [4.69, 9.17) is 66.3 Å². The van der Waals surface area contributed by atoms with Crippen molar-refractivity contribution >= 4 is 0 Å². The number of hydrogen-bond donors (Lipinski definition) is 1. The van der Waals surface area contributed by atoms with Crippen molar-refractivity contribution in [3.05, 3.63) is 154 Å². The third kappa shape index (κ3) is 11.9. The van der Waals surface area contributed by atoms with Crippen LogP contribution in [-0.4, -0.2) is 129 Å². The van der Waals surface area contributed by atoms with Gasteiger partial charge in [0.2, 0.25) is 0 Å². The number of fused-ring (bicyclic) bond motifs is 2. The zero-order chi connectivity index (χ0) is 50.5. The van der Waals surface area contributed by atoms with Gasteiger partial charge in [0.1, 0.15) is 42.2 Å². The van der Waals surface area contributed by atoms with Crippen LogP contribution >= 0.6 is 0 Å². The zero-order valence-corrected chi connectivity index (χ0v) is 41.8. The van der Waals surface area contributed by atoms with Crippen LogP contribution in [0.15, 0.2) is 126 Å². The van der Waals surface area contributed by atoms with Crippen molar-refractivity contribution in [1.29, 1.82) is 0 Å². The molecule has 1 N–H and O–H groups in total. The summed E-state index contributed by atoms with van der Waals surface area (Å²) in [5.74, 6) is -2.02. The van der Waals surface area contributed by atoms with E-state index in [9.17, 15) is 10.6 Å². The third-order valence-electron chi connectivity index (χ3n) is 14.5. The lowest BCUT2D eigenvalue weighted by Gasteiger charge is -2.48. The van der Waals surface area contributed by atoms with Crippen molar-refractivity contribution in [3.8, 4) is 0 Å². The first kappa shape index (κ1) is 52.0. The van der Waals surface area contributed by atoms with Crippen LogP contribution in [-0.2, 0) is 86.1 Å². The Hall–Kier alpha value is -4.41. The molecule has 0 aromatic heterocycles. The second-order valence-electron chi connectivity index (χ2n) is 20.2. The van der Waals surface area contributed by atoms with E-state index in [1.807, 2.05) is 156 Å². The Labute approximate surface area is 425 Å². The Kier molecular flexibility index (Phi) is 16.6. The second kappa shape index (κ2) is 23.2. The van der Waals surface area contributed by atoms with Crippen LogP contribution in [0.5, 0.6) is 0 Å². The molecule has 18 nitrogen and oxygen atoms in total. The molecule has 9 unspecified atom stereocenters. The molecule has 0 amide bonds. The first-order valence-corrected chi connectivity index (χ1v) is 25.3. The van der Waals surface area contributed by atoms with Gasteiger partial charge in [-0.25, -0.2) is 0 Å². The van der Waals surface area contributed by atoms with Gasteiger partial charge in [-0.3, -0.25) is 0 Å². The predicted molar refractivity (Wildman–Crippen MR) is 259 cm³/mol. The number of rotatable bonds is 19. The Morgan fingerprint density at radius 3 is 1.92 bits per heavy atom. The average Bonchev–Trinajstić information content (AvgIpc) is 4.05. The van der Waals surface area contributed by atoms with Crippen LogP contribution in [0.25, 0.3) is 10.4 Å². The molecule has 6 aliphatic rings. The van der Waals surface area contributed by atoms with Crippen LogP contribution in [0, 0.1) is 11.8 Å². The summed E-state index contributed by atoms with van der Waals surface area (Å²) in [4.78, 5) is 3.11. The SMILES string of the molecule is CC1C(O[C@@H]2OCC3(COCc4ccccc4)O[C@@H](c4ccccc4)O[C@H]23)[C@H](OCc2ccccc2)CO[C@H]1O[C@H]1C(C)O[C@@H](OC2C(C)[C@@H](N=[N+]=[N-])C(COCc3ccccc3)O[C@H]2O)C2OC(C)(C)OC21. The molecular weight excluding hydrogens is 943 g/mol. The molecule has 73 heavy (non-hydrogen) atoms. The van der Waals surface area contributed by atoms with Crippen LogP contribution in [0.3, 0.4) is 0 Å². The molecular formula is C55H67N3O15. The summed E-state index contributed by atoms with van der Waals surface area (Å²) in [5, 5.41) is 15.5. The standard InChI is InChI=1S/C55H67N3O15/c1-33-42(57-58-56)40(29-60-26-36-18-10-6-11-19-36)66-49(59)44(33)68-52-47-46(71-54(4,5)72-47)45(35(3)65-52)69-50-34(2)43(41(30-63-50)62-28-38-22-14-8-15-23-38)67-53-48-55(32-64-53,31-61-27-37-20-12-7-13-21-37)73-51(70-48)39-24-16-9-17-25-39/h6-25,33-35,40-53,59H,26-32H2,1-5H3/t33?,34?,35?,40?,41-,42-,43?,44?,45+,46?,47?,48-,49-,50+,51+,52+,53+,55?/m1/s1. The van der Waals surface area contributed by atoms with E-state index in [1.165, 1.54) is 0 Å². The summed E-state index contributed by atoms with van der Waals surface area (Å²) in [6.45, 7) is 10.9. The fraction of sp³-hybridized carbons (Fsp3) is 0.564. The first-order chi connectivity index (χ1) is 35.5. The lowest BCUT2D eigenvalue weighted by molar-refractivity contribution is -0.355. The van der Waals surface area contributed by atoms with Gasteiger partial charge in [-0.1, -0.05) is 140 Å². The first-order valence-electron chi connectivity index (χ1n) is 25.3. The maximum absolute atomic E-state index is 11.5. The second-order valence-corrected chi connectivity index (χ2v) is 20.2. The number of nitrogens with zero attached hydrogens (tertiary/aromatic N) is 3. The molecule has 6 fully saturated rings. The van der Waals surface area contributed by atoms with Gasteiger partial charge in [0.05, 0.1) is 70.6 Å². The monoisotopic (exact) mass is 1010 g/mol. The quantitative estimate of drug-likeness (QED) is 0.0545. The van der Waals surface area contributed by atoms with Gasteiger partial charge in [-0.15, -0.1) is 0 Å². The summed E-state index contributed by atoms with van der Waals surface area (Å²) in [7, 11) is 0. The van der Waals surface area contributed by atoms with E-state index in [-0.39, 0.29) is 26.4 Å². The highest BCUT2D eigenvalue weighted by atomic mass is 16.8. The van der Waals surface area contributed by atoms with Gasteiger partial charge in [0.15, 0.2) is 37.2 Å². The highest BCUT2D eigenvalue weighted by molar-refractivity contribution is 5.19. The number of benzene rings is 4. The van der Waals surface area contributed by atoms with Crippen LogP contribution in [0.1, 0.15) is 63.2 Å². The summed E-state index contributed by atoms with van der Waals surface area (Å²) >= 11 is 0. The third-order valence-corrected chi connectivity index (χ3v) is 14.5. The van der Waals surface area contributed by atoms with E-state index in [2.05, 4.69) is 10.0 Å². The molecule has 0 bridgehead atoms. The Balaban J connectivity index is 0.841. The van der Waals surface area contributed by atoms with Crippen molar-refractivity contribution in [2.75, 3.05) is 26.4 Å². The minimum Gasteiger partial charge on any atom is -0.374 e. The lowest BCUT2D eigenvalue weighted by Crippen LogP contribution is -2.62. The molecule has 18 atom stereocenters. The number of ether oxygens (including phenoxy) is 14. The largest absolute Gasteiger partial charge is 0.374 e. The predicted octanol–water partition coefficient (Wildman–Crippen LogP) is 7.66. The van der Waals surface area contributed by atoms with Gasteiger partial charge in [0, 0.05) is 16.4 Å². The molecule has 18 heteroatoms. The summed E-state index contributed by atoms with van der Waals surface area (Å²) in [6.07, 6.45) is -11.2. The Morgan fingerprint density at radius 1 is 0.644 bits per heavy atom. The van der Waals surface area contributed by atoms with E-state index in [1.54, 1.807) is 0 Å². The minimum absolute atomic E-state index is 0.0854. The van der Waals surface area contributed by atoms with Crippen molar-refractivity contribution in [2.45, 2.75) is 158 Å². The average molecular weight is 1010 g/mol. The van der Waals surface area contributed by atoms with E-state index in [0.717, 1.165) is 22.3 Å². The van der Waals surface area contributed by atoms with Crippen LogP contribution in [0.4, 0.5) is 0 Å². The number of aliphatic hydroxyl groups is 1. The number of aliphatic hydroxyl groups excluding tert-OH is 1. The van der Waals surface area contributed by atoms with E-state index >= 15 is 0 Å². The summed E-state index contributed by atoms with van der Waals surface area (Å²) < 4.78 is 91.8. The molecule has 4 aromatic carbocycles. The fourth-order valence-corrected chi connectivity index (χ4v) is 10.7.